The molecular weight excluding hydrogens is 192 g/mol. The molecule has 0 aromatic carbocycles. The number of halogens is 4. The molecular formula is C7H8F4O2. The second-order valence-corrected chi connectivity index (χ2v) is 2.35. The summed E-state index contributed by atoms with van der Waals surface area (Å²) in [6, 6.07) is 0. The van der Waals surface area contributed by atoms with Crippen molar-refractivity contribution in [3.63, 3.8) is 0 Å². The van der Waals surface area contributed by atoms with Crippen LogP contribution in [0.25, 0.3) is 0 Å². The zero-order chi connectivity index (χ0) is 10.6. The second kappa shape index (κ2) is 4.25. The lowest BCUT2D eigenvalue weighted by molar-refractivity contribution is -0.259. The van der Waals surface area contributed by atoms with Gasteiger partial charge in [-0.15, -0.1) is 0 Å². The van der Waals surface area contributed by atoms with Gasteiger partial charge in [-0.3, -0.25) is 0 Å². The molecule has 0 spiro atoms. The van der Waals surface area contributed by atoms with Crippen LogP contribution in [0.15, 0.2) is 12.2 Å². The molecule has 1 atom stereocenters. The van der Waals surface area contributed by atoms with Crippen molar-refractivity contribution < 1.29 is 27.1 Å². The van der Waals surface area contributed by atoms with E-state index in [4.69, 9.17) is 0 Å². The van der Waals surface area contributed by atoms with Crippen LogP contribution in [0.3, 0.4) is 0 Å². The zero-order valence-electron chi connectivity index (χ0n) is 6.82. The normalized spacial score (nSPS) is 13.6. The van der Waals surface area contributed by atoms with Crippen LogP contribution in [0.2, 0.25) is 0 Å². The van der Waals surface area contributed by atoms with E-state index in [0.717, 1.165) is 6.92 Å². The van der Waals surface area contributed by atoms with Gasteiger partial charge in [0.05, 0.1) is 0 Å². The van der Waals surface area contributed by atoms with Gasteiger partial charge in [0.15, 0.2) is 0 Å². The van der Waals surface area contributed by atoms with Crippen LogP contribution in [0.1, 0.15) is 6.92 Å². The average Bonchev–Trinajstić information content (AvgIpc) is 2.01. The summed E-state index contributed by atoms with van der Waals surface area (Å²) in [4.78, 5) is 10.5. The lowest BCUT2D eigenvalue weighted by Crippen LogP contribution is -2.37. The fourth-order valence-electron chi connectivity index (χ4n) is 0.364. The number of rotatable bonds is 4. The van der Waals surface area contributed by atoms with Crippen LogP contribution in [0, 0.1) is 0 Å². The smallest absolute Gasteiger partial charge is 0.395 e. The number of hydrogen-bond acceptors (Lipinski definition) is 2. The van der Waals surface area contributed by atoms with E-state index in [9.17, 15) is 22.4 Å². The van der Waals surface area contributed by atoms with Crippen LogP contribution in [-0.4, -0.2) is 24.9 Å². The van der Waals surface area contributed by atoms with Gasteiger partial charge in [0.1, 0.15) is 6.67 Å². The molecule has 0 saturated carbocycles. The fraction of sp³-hybridized carbons (Fsp3) is 0.571. The van der Waals surface area contributed by atoms with Gasteiger partial charge in [0.2, 0.25) is 6.17 Å². The van der Waals surface area contributed by atoms with Gasteiger partial charge in [-0.05, 0) is 6.92 Å². The molecule has 0 aromatic rings. The topological polar surface area (TPSA) is 26.3 Å². The first kappa shape index (κ1) is 11.9. The summed E-state index contributed by atoms with van der Waals surface area (Å²) in [6.07, 6.45) is -7.58. The van der Waals surface area contributed by atoms with Crippen molar-refractivity contribution in [3.05, 3.63) is 12.2 Å². The first-order chi connectivity index (χ1) is 5.81. The lowest BCUT2D eigenvalue weighted by Gasteiger charge is -2.17. The van der Waals surface area contributed by atoms with Crippen LogP contribution in [-0.2, 0) is 9.53 Å². The summed E-state index contributed by atoms with van der Waals surface area (Å²) in [5, 5.41) is 0. The Morgan fingerprint density at radius 2 is 2.08 bits per heavy atom. The standard InChI is InChI=1S/C7H8F4O2/c1-4(2)6(12)13-7(10,11)5(9)3-8/h5H,1,3H2,2H3. The molecule has 6 heteroatoms. The Kier molecular flexibility index (Phi) is 3.90. The van der Waals surface area contributed by atoms with Gasteiger partial charge in [-0.1, -0.05) is 6.58 Å². The van der Waals surface area contributed by atoms with E-state index in [2.05, 4.69) is 11.3 Å². The minimum Gasteiger partial charge on any atom is -0.395 e. The highest BCUT2D eigenvalue weighted by Gasteiger charge is 2.44. The van der Waals surface area contributed by atoms with E-state index in [-0.39, 0.29) is 5.57 Å². The maximum absolute atomic E-state index is 12.3. The third-order valence-electron chi connectivity index (χ3n) is 1.08. The molecule has 0 fully saturated rings. The monoisotopic (exact) mass is 200 g/mol. The van der Waals surface area contributed by atoms with E-state index in [1.54, 1.807) is 0 Å². The van der Waals surface area contributed by atoms with Crippen molar-refractivity contribution >= 4 is 5.97 Å². The molecule has 0 radical (unpaired) electrons. The van der Waals surface area contributed by atoms with E-state index >= 15 is 0 Å². The van der Waals surface area contributed by atoms with Crippen molar-refractivity contribution in [1.82, 2.24) is 0 Å². The molecule has 0 N–H and O–H groups in total. The lowest BCUT2D eigenvalue weighted by atomic mass is 10.3. The third kappa shape index (κ3) is 3.43. The second-order valence-electron chi connectivity index (χ2n) is 2.35. The quantitative estimate of drug-likeness (QED) is 0.394. The van der Waals surface area contributed by atoms with Crippen LogP contribution >= 0.6 is 0 Å². The molecule has 0 bridgehead atoms. The van der Waals surface area contributed by atoms with Crippen molar-refractivity contribution in [2.45, 2.75) is 19.2 Å². The summed E-state index contributed by atoms with van der Waals surface area (Å²) in [5.41, 5.74) is -0.314. The van der Waals surface area contributed by atoms with Gasteiger partial charge in [-0.2, -0.15) is 8.78 Å². The first-order valence-electron chi connectivity index (χ1n) is 3.28. The summed E-state index contributed by atoms with van der Waals surface area (Å²) in [5.74, 6) is -1.46. The molecule has 0 heterocycles. The summed E-state index contributed by atoms with van der Waals surface area (Å²) >= 11 is 0. The predicted octanol–water partition coefficient (Wildman–Crippen LogP) is 2.01. The summed E-state index contributed by atoms with van der Waals surface area (Å²) in [6.45, 7) is 2.19. The van der Waals surface area contributed by atoms with Crippen molar-refractivity contribution in [2.24, 2.45) is 0 Å². The van der Waals surface area contributed by atoms with E-state index < -0.39 is 24.9 Å². The Bertz CT molecular complexity index is 215. The Hall–Kier alpha value is -1.07. The molecule has 0 amide bonds. The van der Waals surface area contributed by atoms with Crippen molar-refractivity contribution in [1.29, 1.82) is 0 Å². The minimum atomic E-state index is -4.44. The predicted molar refractivity (Wildman–Crippen MR) is 36.7 cm³/mol. The van der Waals surface area contributed by atoms with Crippen LogP contribution < -0.4 is 0 Å². The maximum Gasteiger partial charge on any atom is 0.434 e. The van der Waals surface area contributed by atoms with Crippen LogP contribution in [0.5, 0.6) is 0 Å². The Morgan fingerprint density at radius 1 is 1.62 bits per heavy atom. The highest BCUT2D eigenvalue weighted by molar-refractivity contribution is 5.87. The van der Waals surface area contributed by atoms with Gasteiger partial charge < -0.3 is 4.74 Å². The van der Waals surface area contributed by atoms with Gasteiger partial charge in [-0.25, -0.2) is 13.6 Å². The number of alkyl halides is 4. The molecule has 13 heavy (non-hydrogen) atoms. The molecule has 0 saturated heterocycles. The molecule has 0 aliphatic carbocycles. The molecule has 0 aliphatic rings. The highest BCUT2D eigenvalue weighted by Crippen LogP contribution is 2.24. The zero-order valence-corrected chi connectivity index (χ0v) is 6.82. The van der Waals surface area contributed by atoms with E-state index in [0.29, 0.717) is 0 Å². The Morgan fingerprint density at radius 3 is 2.38 bits per heavy atom. The Labute approximate surface area is 72.2 Å². The SMILES string of the molecule is C=C(C)C(=O)OC(F)(F)C(F)CF. The average molecular weight is 200 g/mol. The fourth-order valence-corrected chi connectivity index (χ4v) is 0.364. The first-order valence-corrected chi connectivity index (χ1v) is 3.28. The molecule has 0 rings (SSSR count). The number of carbonyl (C=O) groups is 1. The number of carbonyl (C=O) groups excluding carboxylic acids is 1. The molecule has 0 aliphatic heterocycles. The molecule has 0 aromatic heterocycles. The third-order valence-corrected chi connectivity index (χ3v) is 1.08. The largest absolute Gasteiger partial charge is 0.434 e. The van der Waals surface area contributed by atoms with Crippen molar-refractivity contribution in [2.75, 3.05) is 6.67 Å². The van der Waals surface area contributed by atoms with Gasteiger partial charge >= 0.3 is 12.1 Å². The number of esters is 1. The Balaban J connectivity index is 4.33. The maximum atomic E-state index is 12.3. The molecule has 76 valence electrons. The van der Waals surface area contributed by atoms with Crippen LogP contribution in [0.4, 0.5) is 17.6 Å². The summed E-state index contributed by atoms with van der Waals surface area (Å²) in [7, 11) is 0. The van der Waals surface area contributed by atoms with E-state index in [1.807, 2.05) is 0 Å². The van der Waals surface area contributed by atoms with Gasteiger partial charge in [0, 0.05) is 5.57 Å². The molecule has 2 nitrogen and oxygen atoms in total. The highest BCUT2D eigenvalue weighted by atomic mass is 19.3. The molecule has 1 unspecified atom stereocenters. The number of hydrogen-bond donors (Lipinski definition) is 0. The summed E-state index contributed by atoms with van der Waals surface area (Å²) < 4.78 is 51.6. The van der Waals surface area contributed by atoms with Crippen molar-refractivity contribution in [3.8, 4) is 0 Å². The van der Waals surface area contributed by atoms with Gasteiger partial charge in [0.25, 0.3) is 0 Å². The minimum absolute atomic E-state index is 0.314. The number of ether oxygens (including phenoxy) is 1. The van der Waals surface area contributed by atoms with E-state index in [1.165, 1.54) is 0 Å².